The van der Waals surface area contributed by atoms with Gasteiger partial charge >= 0.3 is 0 Å². The van der Waals surface area contributed by atoms with E-state index in [1.54, 1.807) is 6.07 Å². The van der Waals surface area contributed by atoms with Gasteiger partial charge < -0.3 is 25.0 Å². The summed E-state index contributed by atoms with van der Waals surface area (Å²) in [6, 6.07) is 12.2. The van der Waals surface area contributed by atoms with E-state index in [9.17, 15) is 9.90 Å². The van der Waals surface area contributed by atoms with Crippen LogP contribution in [0.4, 0.5) is 17.3 Å². The number of hydrogen-bond acceptors (Lipinski definition) is 8. The summed E-state index contributed by atoms with van der Waals surface area (Å²) in [5.41, 5.74) is 5.52. The number of carbonyl (C=O) groups is 1. The molecule has 1 aromatic carbocycles. The molecule has 222 valence electrons. The number of nitrogens with one attached hydrogen (secondary N) is 2. The van der Waals surface area contributed by atoms with E-state index in [1.807, 2.05) is 24.3 Å². The van der Waals surface area contributed by atoms with E-state index >= 15 is 0 Å². The highest BCUT2D eigenvalue weighted by Crippen LogP contribution is 2.48. The quantitative estimate of drug-likeness (QED) is 0.276. The van der Waals surface area contributed by atoms with Crippen molar-refractivity contribution >= 4 is 40.5 Å². The first kappa shape index (κ1) is 26.9. The first-order valence-electron chi connectivity index (χ1n) is 15.3. The number of halogens is 1. The average molecular weight is 599 g/mol. The van der Waals surface area contributed by atoms with Crippen LogP contribution >= 0.6 is 11.6 Å². The molecule has 43 heavy (non-hydrogen) atoms. The zero-order chi connectivity index (χ0) is 29.1. The van der Waals surface area contributed by atoms with Crippen LogP contribution in [0.25, 0.3) is 5.65 Å². The number of amides is 1. The molecule has 2 aliphatic heterocycles. The van der Waals surface area contributed by atoms with E-state index in [0.717, 1.165) is 55.9 Å². The van der Waals surface area contributed by atoms with Gasteiger partial charge in [-0.15, -0.1) is 0 Å². The van der Waals surface area contributed by atoms with E-state index in [4.69, 9.17) is 16.6 Å². The summed E-state index contributed by atoms with van der Waals surface area (Å²) in [5, 5.41) is 17.2. The van der Waals surface area contributed by atoms with Crippen LogP contribution in [-0.2, 0) is 11.3 Å². The van der Waals surface area contributed by atoms with Crippen molar-refractivity contribution in [1.82, 2.24) is 24.3 Å². The minimum absolute atomic E-state index is 0.0399. The molecular formula is C32H35ClN8O2. The Morgan fingerprint density at radius 1 is 1.02 bits per heavy atom. The summed E-state index contributed by atoms with van der Waals surface area (Å²) in [7, 11) is 0. The third-order valence-electron chi connectivity index (χ3n) is 9.36. The van der Waals surface area contributed by atoms with Gasteiger partial charge in [-0.05, 0) is 66.8 Å². The number of benzene rings is 1. The zero-order valence-corrected chi connectivity index (χ0v) is 24.6. The van der Waals surface area contributed by atoms with Gasteiger partial charge in [0.15, 0.2) is 5.65 Å². The number of aromatic nitrogens is 4. The van der Waals surface area contributed by atoms with Crippen molar-refractivity contribution < 1.29 is 9.90 Å². The Hall–Kier alpha value is -3.73. The molecule has 2 saturated heterocycles. The van der Waals surface area contributed by atoms with Crippen molar-refractivity contribution in [3.05, 3.63) is 77.0 Å². The third-order valence-corrected chi connectivity index (χ3v) is 9.59. The maximum Gasteiger partial charge on any atom is 0.229 e. The van der Waals surface area contributed by atoms with Crippen LogP contribution in [0, 0.1) is 5.92 Å². The van der Waals surface area contributed by atoms with Crippen molar-refractivity contribution in [3.8, 4) is 0 Å². The third kappa shape index (κ3) is 5.55. The van der Waals surface area contributed by atoms with Crippen LogP contribution < -0.4 is 15.5 Å². The topological polar surface area (TPSA) is 111 Å². The van der Waals surface area contributed by atoms with Crippen LogP contribution in [0.2, 0.25) is 5.02 Å². The molecule has 0 spiro atoms. The van der Waals surface area contributed by atoms with Gasteiger partial charge in [-0.1, -0.05) is 23.7 Å². The maximum atomic E-state index is 12.9. The summed E-state index contributed by atoms with van der Waals surface area (Å²) < 4.78 is 2.17. The fourth-order valence-electron chi connectivity index (χ4n) is 6.86. The lowest BCUT2D eigenvalue weighted by atomic mass is 10.1. The molecule has 5 heterocycles. The van der Waals surface area contributed by atoms with Crippen LogP contribution in [0.5, 0.6) is 0 Å². The van der Waals surface area contributed by atoms with Gasteiger partial charge in [0, 0.05) is 61.6 Å². The van der Waals surface area contributed by atoms with E-state index in [1.165, 1.54) is 30.4 Å². The summed E-state index contributed by atoms with van der Waals surface area (Å²) in [6.07, 6.45) is 9.69. The lowest BCUT2D eigenvalue weighted by molar-refractivity contribution is -0.117. The van der Waals surface area contributed by atoms with Crippen molar-refractivity contribution in [3.63, 3.8) is 0 Å². The van der Waals surface area contributed by atoms with Crippen molar-refractivity contribution in [1.29, 1.82) is 0 Å². The minimum atomic E-state index is -0.220. The Labute approximate surface area is 255 Å². The molecule has 0 bridgehead atoms. The molecular weight excluding hydrogens is 564 g/mol. The highest BCUT2D eigenvalue weighted by atomic mass is 35.5. The van der Waals surface area contributed by atoms with Crippen molar-refractivity contribution in [2.45, 2.75) is 56.2 Å². The Balaban J connectivity index is 0.954. The summed E-state index contributed by atoms with van der Waals surface area (Å²) >= 11 is 6.13. The molecule has 2 saturated carbocycles. The van der Waals surface area contributed by atoms with Crippen molar-refractivity contribution in [2.75, 3.05) is 41.7 Å². The zero-order valence-electron chi connectivity index (χ0n) is 23.9. The second-order valence-electron chi connectivity index (χ2n) is 12.5. The number of piperazine rings is 1. The highest BCUT2D eigenvalue weighted by Gasteiger charge is 2.44. The largest absolute Gasteiger partial charge is 0.392 e. The number of carbonyl (C=O) groups excluding carboxylic acids is 1. The molecule has 4 aromatic rings. The van der Waals surface area contributed by atoms with Gasteiger partial charge in [-0.2, -0.15) is 0 Å². The second-order valence-corrected chi connectivity index (χ2v) is 13.0. The predicted molar refractivity (Wildman–Crippen MR) is 166 cm³/mol. The van der Waals surface area contributed by atoms with Crippen molar-refractivity contribution in [2.24, 2.45) is 5.92 Å². The number of hydrogen-bond donors (Lipinski definition) is 3. The Morgan fingerprint density at radius 2 is 1.91 bits per heavy atom. The van der Waals surface area contributed by atoms with E-state index in [-0.39, 0.29) is 23.8 Å². The molecule has 4 aliphatic rings. The number of aliphatic hydroxyl groups excluding tert-OH is 1. The molecule has 2 aliphatic carbocycles. The normalized spacial score (nSPS) is 25.1. The van der Waals surface area contributed by atoms with E-state index in [0.29, 0.717) is 35.2 Å². The van der Waals surface area contributed by atoms with Gasteiger partial charge in [0.25, 0.3) is 0 Å². The van der Waals surface area contributed by atoms with Gasteiger partial charge in [-0.3, -0.25) is 9.69 Å². The standard InChI is InChI=1S/C32H35ClN8O2/c33-22-3-1-2-20(8-22)26-11-27(26)32(43)38-30-12-29(35-18-36-30)34-13-23-15-41-14-21(19-4-5-19)9-28(31(41)37-23)40-7-6-39-17-25(42)10-24(39)16-40/h1-3,8-9,12,14-15,18-19,24-27,42H,4-7,10-11,13,16-17H2,(H2,34,35,36,38,43)/t24?,25?,26-,27+/m1/s1. The summed E-state index contributed by atoms with van der Waals surface area (Å²) in [6.45, 7) is 4.09. The Kier molecular flexibility index (Phi) is 6.73. The molecule has 0 radical (unpaired) electrons. The highest BCUT2D eigenvalue weighted by molar-refractivity contribution is 6.30. The van der Waals surface area contributed by atoms with Crippen LogP contribution in [0.3, 0.4) is 0 Å². The minimum Gasteiger partial charge on any atom is -0.392 e. The average Bonchev–Trinajstić information content (AvgIpc) is 3.92. The molecule has 4 fully saturated rings. The summed E-state index contributed by atoms with van der Waals surface area (Å²) in [5.74, 6) is 1.79. The second kappa shape index (κ2) is 10.8. The molecule has 2 unspecified atom stereocenters. The van der Waals surface area contributed by atoms with Crippen LogP contribution in [0.15, 0.2) is 55.1 Å². The fourth-order valence-corrected chi connectivity index (χ4v) is 7.06. The number of fused-ring (bicyclic) bond motifs is 2. The number of nitrogens with zero attached hydrogens (tertiary/aromatic N) is 6. The van der Waals surface area contributed by atoms with Crippen LogP contribution in [0.1, 0.15) is 54.3 Å². The Bertz CT molecular complexity index is 1690. The fraction of sp³-hybridized carbons (Fsp3) is 0.438. The number of imidazole rings is 1. The van der Waals surface area contributed by atoms with Gasteiger partial charge in [0.05, 0.1) is 24.0 Å². The smallest absolute Gasteiger partial charge is 0.229 e. The number of rotatable bonds is 8. The molecule has 8 rings (SSSR count). The summed E-state index contributed by atoms with van der Waals surface area (Å²) in [4.78, 5) is 31.5. The lowest BCUT2D eigenvalue weighted by Crippen LogP contribution is -2.50. The molecule has 3 aromatic heterocycles. The Morgan fingerprint density at radius 3 is 2.77 bits per heavy atom. The number of anilines is 3. The molecule has 3 N–H and O–H groups in total. The van der Waals surface area contributed by atoms with E-state index < -0.39 is 0 Å². The number of pyridine rings is 1. The van der Waals surface area contributed by atoms with Gasteiger partial charge in [0.1, 0.15) is 18.0 Å². The molecule has 4 atom stereocenters. The maximum absolute atomic E-state index is 12.9. The SMILES string of the molecule is O=C(Nc1cc(NCc2cn3cc(C4CC4)cc(N4CCN5CC(O)CC5C4)c3n2)ncn1)[C@H]1C[C@@H]1c1cccc(Cl)c1. The molecule has 1 amide bonds. The first-order valence-corrected chi connectivity index (χ1v) is 15.7. The predicted octanol–water partition coefficient (Wildman–Crippen LogP) is 4.26. The number of aliphatic hydroxyl groups is 1. The van der Waals surface area contributed by atoms with Gasteiger partial charge in [0.2, 0.25) is 5.91 Å². The first-order chi connectivity index (χ1) is 21.0. The van der Waals surface area contributed by atoms with E-state index in [2.05, 4.69) is 53.3 Å². The lowest BCUT2D eigenvalue weighted by Gasteiger charge is -2.38. The molecule has 11 heteroatoms. The van der Waals surface area contributed by atoms with Crippen LogP contribution in [-0.4, -0.2) is 73.6 Å². The van der Waals surface area contributed by atoms with Gasteiger partial charge in [-0.25, -0.2) is 15.0 Å². The molecule has 10 nitrogen and oxygen atoms in total. The monoisotopic (exact) mass is 598 g/mol.